The molecule has 5 nitrogen and oxygen atoms in total. The molecule has 1 amide bonds. The molecule has 1 aliphatic heterocycles. The summed E-state index contributed by atoms with van der Waals surface area (Å²) in [5.41, 5.74) is 0.0992. The number of aromatic carboxylic acids is 1. The van der Waals surface area contributed by atoms with Gasteiger partial charge in [0.05, 0.1) is 10.0 Å². The van der Waals surface area contributed by atoms with Crippen LogP contribution in [0.4, 0.5) is 5.82 Å². The van der Waals surface area contributed by atoms with Crippen LogP contribution < -0.4 is 4.90 Å². The molecule has 1 aromatic rings. The number of carbonyl (C=O) groups is 2. The van der Waals surface area contributed by atoms with E-state index in [1.807, 2.05) is 0 Å². The highest BCUT2D eigenvalue weighted by Gasteiger charge is 2.31. The zero-order valence-electron chi connectivity index (χ0n) is 9.34. The van der Waals surface area contributed by atoms with E-state index in [4.69, 9.17) is 5.11 Å². The molecule has 1 aliphatic rings. The second-order valence-electron chi connectivity index (χ2n) is 4.08. The Labute approximate surface area is 118 Å². The van der Waals surface area contributed by atoms with E-state index in [0.29, 0.717) is 29.0 Å². The van der Waals surface area contributed by atoms with Gasteiger partial charge in [0, 0.05) is 19.2 Å². The van der Waals surface area contributed by atoms with Gasteiger partial charge in [-0.3, -0.25) is 9.69 Å². The first kappa shape index (κ1) is 13.4. The predicted octanol–water partition coefficient (Wildman–Crippen LogP) is 1.82. The minimum atomic E-state index is -1.05. The van der Waals surface area contributed by atoms with Crippen LogP contribution in [0, 0.1) is 5.92 Å². The summed E-state index contributed by atoms with van der Waals surface area (Å²) in [6.07, 6.45) is 1.84. The largest absolute Gasteiger partial charge is 0.478 e. The lowest BCUT2D eigenvalue weighted by Gasteiger charge is -2.16. The van der Waals surface area contributed by atoms with Gasteiger partial charge in [-0.05, 0) is 33.7 Å². The molecular weight excluding hydrogens is 320 g/mol. The fraction of sp³-hybridized carbons (Fsp3) is 0.364. The first-order valence-corrected chi connectivity index (χ1v) is 6.75. The number of carboxylic acid groups (broad SMARTS) is 1. The summed E-state index contributed by atoms with van der Waals surface area (Å²) in [6.45, 7) is 0.538. The zero-order valence-corrected chi connectivity index (χ0v) is 11.8. The molecule has 1 saturated heterocycles. The second kappa shape index (κ2) is 5.27. The standard InChI is InChI=1S/C11H11BrN2O3S/c12-8-3-13-9(2-7(8)11(16)17)14-4-6(5-18)1-10(14)15/h2-3,6,18H,1,4-5H2,(H,16,17). The van der Waals surface area contributed by atoms with Gasteiger partial charge in [-0.1, -0.05) is 0 Å². The quantitative estimate of drug-likeness (QED) is 0.829. The van der Waals surface area contributed by atoms with Crippen molar-refractivity contribution < 1.29 is 14.7 Å². The SMILES string of the molecule is O=C(O)c1cc(N2CC(CS)CC2=O)ncc1Br. The lowest BCUT2D eigenvalue weighted by molar-refractivity contribution is -0.117. The Kier molecular flexibility index (Phi) is 3.91. The van der Waals surface area contributed by atoms with Gasteiger partial charge >= 0.3 is 5.97 Å². The minimum Gasteiger partial charge on any atom is -0.478 e. The Morgan fingerprint density at radius 1 is 1.67 bits per heavy atom. The number of carboxylic acids is 1. The smallest absolute Gasteiger partial charge is 0.337 e. The number of hydrogen-bond donors (Lipinski definition) is 2. The Hall–Kier alpha value is -1.08. The fourth-order valence-corrected chi connectivity index (χ4v) is 2.50. The molecule has 0 bridgehead atoms. The maximum absolute atomic E-state index is 11.8. The molecule has 0 aromatic carbocycles. The third-order valence-electron chi connectivity index (χ3n) is 2.81. The van der Waals surface area contributed by atoms with Crippen molar-refractivity contribution in [2.45, 2.75) is 6.42 Å². The summed E-state index contributed by atoms with van der Waals surface area (Å²) in [5, 5.41) is 9.02. The Morgan fingerprint density at radius 2 is 2.39 bits per heavy atom. The number of nitrogens with zero attached hydrogens (tertiary/aromatic N) is 2. The first-order chi connectivity index (χ1) is 8.52. The number of thiol groups is 1. The van der Waals surface area contributed by atoms with Gasteiger partial charge in [0.1, 0.15) is 5.82 Å². The lowest BCUT2D eigenvalue weighted by Crippen LogP contribution is -2.26. The van der Waals surface area contributed by atoms with Crippen molar-refractivity contribution in [2.75, 3.05) is 17.2 Å². The van der Waals surface area contributed by atoms with Gasteiger partial charge in [0.2, 0.25) is 5.91 Å². The van der Waals surface area contributed by atoms with Crippen LogP contribution in [-0.4, -0.2) is 34.3 Å². The van der Waals surface area contributed by atoms with E-state index in [1.54, 1.807) is 0 Å². The highest BCUT2D eigenvalue weighted by atomic mass is 79.9. The molecule has 2 rings (SSSR count). The lowest BCUT2D eigenvalue weighted by atomic mass is 10.1. The summed E-state index contributed by atoms with van der Waals surface area (Å²) in [5.74, 6) is 0.109. The molecular formula is C11H11BrN2O3S. The van der Waals surface area contributed by atoms with E-state index in [0.717, 1.165) is 0 Å². The maximum Gasteiger partial charge on any atom is 0.337 e. The summed E-state index contributed by atoms with van der Waals surface area (Å²) in [7, 11) is 0. The van der Waals surface area contributed by atoms with Crippen LogP contribution in [0.15, 0.2) is 16.7 Å². The van der Waals surface area contributed by atoms with Crippen LogP contribution in [0.25, 0.3) is 0 Å². The number of carbonyl (C=O) groups excluding carboxylic acids is 1. The maximum atomic E-state index is 11.8. The van der Waals surface area contributed by atoms with Gasteiger partial charge in [-0.2, -0.15) is 12.6 Å². The third kappa shape index (κ3) is 2.51. The number of rotatable bonds is 3. The molecule has 96 valence electrons. The average Bonchev–Trinajstić information content (AvgIpc) is 2.71. The van der Waals surface area contributed by atoms with Gasteiger partial charge in [0.15, 0.2) is 0 Å². The van der Waals surface area contributed by atoms with Crippen molar-refractivity contribution in [1.29, 1.82) is 0 Å². The molecule has 1 unspecified atom stereocenters. The second-order valence-corrected chi connectivity index (χ2v) is 5.30. The number of aromatic nitrogens is 1. The number of anilines is 1. The van der Waals surface area contributed by atoms with E-state index in [1.165, 1.54) is 17.2 Å². The fourth-order valence-electron chi connectivity index (χ4n) is 1.86. The average molecular weight is 331 g/mol. The van der Waals surface area contributed by atoms with E-state index in [9.17, 15) is 9.59 Å². The van der Waals surface area contributed by atoms with Crippen molar-refractivity contribution in [1.82, 2.24) is 4.98 Å². The number of halogens is 1. The summed E-state index contributed by atoms with van der Waals surface area (Å²) in [4.78, 5) is 28.4. The molecule has 0 aliphatic carbocycles. The first-order valence-electron chi connectivity index (χ1n) is 5.33. The normalized spacial score (nSPS) is 19.3. The molecule has 1 N–H and O–H groups in total. The molecule has 1 aromatic heterocycles. The Morgan fingerprint density at radius 3 is 2.94 bits per heavy atom. The van der Waals surface area contributed by atoms with Gasteiger partial charge in [0.25, 0.3) is 0 Å². The van der Waals surface area contributed by atoms with Crippen LogP contribution in [0.3, 0.4) is 0 Å². The van der Waals surface area contributed by atoms with Crippen LogP contribution >= 0.6 is 28.6 Å². The van der Waals surface area contributed by atoms with Crippen molar-refractivity contribution in [3.8, 4) is 0 Å². The highest BCUT2D eigenvalue weighted by molar-refractivity contribution is 9.10. The van der Waals surface area contributed by atoms with Crippen molar-refractivity contribution in [3.63, 3.8) is 0 Å². The molecule has 0 spiro atoms. The molecule has 2 heterocycles. The van der Waals surface area contributed by atoms with Gasteiger partial charge in [-0.15, -0.1) is 0 Å². The summed E-state index contributed by atoms with van der Waals surface area (Å²) in [6, 6.07) is 1.41. The van der Waals surface area contributed by atoms with Gasteiger partial charge in [-0.25, -0.2) is 9.78 Å². The van der Waals surface area contributed by atoms with Crippen molar-refractivity contribution >= 4 is 46.3 Å². The molecule has 0 saturated carbocycles. The van der Waals surface area contributed by atoms with E-state index in [2.05, 4.69) is 33.5 Å². The molecule has 0 radical (unpaired) electrons. The van der Waals surface area contributed by atoms with Crippen LogP contribution in [0.1, 0.15) is 16.8 Å². The van der Waals surface area contributed by atoms with E-state index >= 15 is 0 Å². The number of amides is 1. The minimum absolute atomic E-state index is 0.0415. The van der Waals surface area contributed by atoms with Crippen molar-refractivity contribution in [2.24, 2.45) is 5.92 Å². The zero-order chi connectivity index (χ0) is 13.3. The van der Waals surface area contributed by atoms with Crippen LogP contribution in [-0.2, 0) is 4.79 Å². The van der Waals surface area contributed by atoms with Crippen LogP contribution in [0.5, 0.6) is 0 Å². The monoisotopic (exact) mass is 330 g/mol. The Balaban J connectivity index is 2.32. The molecule has 7 heteroatoms. The number of hydrogen-bond acceptors (Lipinski definition) is 4. The number of pyridine rings is 1. The van der Waals surface area contributed by atoms with E-state index < -0.39 is 5.97 Å². The molecule has 18 heavy (non-hydrogen) atoms. The summed E-state index contributed by atoms with van der Waals surface area (Å²) < 4.78 is 0.399. The van der Waals surface area contributed by atoms with E-state index in [-0.39, 0.29) is 17.4 Å². The Bertz CT molecular complexity index is 509. The van der Waals surface area contributed by atoms with Gasteiger partial charge < -0.3 is 5.11 Å². The van der Waals surface area contributed by atoms with Crippen molar-refractivity contribution in [3.05, 3.63) is 22.3 Å². The molecule has 1 fully saturated rings. The third-order valence-corrected chi connectivity index (χ3v) is 3.96. The topological polar surface area (TPSA) is 70.5 Å². The van der Waals surface area contributed by atoms with Crippen LogP contribution in [0.2, 0.25) is 0 Å². The molecule has 1 atom stereocenters. The summed E-state index contributed by atoms with van der Waals surface area (Å²) >= 11 is 7.30. The predicted molar refractivity (Wildman–Crippen MR) is 73.2 cm³/mol. The highest BCUT2D eigenvalue weighted by Crippen LogP contribution is 2.27.